The Morgan fingerprint density at radius 3 is 2.39 bits per heavy atom. The van der Waals surface area contributed by atoms with Crippen molar-refractivity contribution in [3.05, 3.63) is 97.1 Å². The maximum Gasteiger partial charge on any atom is 0.363 e. The molecule has 0 aromatic heterocycles. The molecule has 0 unspecified atom stereocenters. The lowest BCUT2D eigenvalue weighted by molar-refractivity contribution is -0.129. The van der Waals surface area contributed by atoms with Crippen molar-refractivity contribution >= 4 is 64.3 Å². The van der Waals surface area contributed by atoms with Gasteiger partial charge in [-0.05, 0) is 59.7 Å². The predicted molar refractivity (Wildman–Crippen MR) is 131 cm³/mol. The molecule has 0 atom stereocenters. The van der Waals surface area contributed by atoms with Crippen molar-refractivity contribution in [3.8, 4) is 11.5 Å². The molecule has 0 saturated carbocycles. The Balaban J connectivity index is 1.59. The molecule has 0 amide bonds. The summed E-state index contributed by atoms with van der Waals surface area (Å²) in [6.45, 7) is 0.275. The predicted octanol–water partition coefficient (Wildman–Crippen LogP) is 7.23. The Morgan fingerprint density at radius 1 is 0.939 bits per heavy atom. The van der Waals surface area contributed by atoms with Gasteiger partial charge in [-0.15, -0.1) is 0 Å². The first kappa shape index (κ1) is 23.5. The first-order valence-electron chi connectivity index (χ1n) is 9.57. The van der Waals surface area contributed by atoms with Gasteiger partial charge >= 0.3 is 5.97 Å². The molecular weight excluding hydrogens is 508 g/mol. The SMILES string of the molecule is COc1cc(/C=C2\N=C(c3ccc(Cl)c(Cl)c3)OC2=O)cc(Cl)c1OCc1ccc(Cl)cc1. The highest BCUT2D eigenvalue weighted by atomic mass is 35.5. The fourth-order valence-electron chi connectivity index (χ4n) is 3.02. The fraction of sp³-hybridized carbons (Fsp3) is 0.0833. The van der Waals surface area contributed by atoms with Crippen molar-refractivity contribution in [3.63, 3.8) is 0 Å². The van der Waals surface area contributed by atoms with E-state index in [0.717, 1.165) is 5.56 Å². The van der Waals surface area contributed by atoms with Crippen LogP contribution in [0.3, 0.4) is 0 Å². The third kappa shape index (κ3) is 5.45. The van der Waals surface area contributed by atoms with E-state index < -0.39 is 5.97 Å². The zero-order valence-electron chi connectivity index (χ0n) is 17.1. The molecule has 0 saturated heterocycles. The number of hydrogen-bond acceptors (Lipinski definition) is 5. The number of cyclic esters (lactones) is 1. The summed E-state index contributed by atoms with van der Waals surface area (Å²) in [4.78, 5) is 16.6. The summed E-state index contributed by atoms with van der Waals surface area (Å²) in [6, 6.07) is 15.5. The van der Waals surface area contributed by atoms with Crippen LogP contribution in [-0.2, 0) is 16.1 Å². The Kier molecular flexibility index (Phi) is 7.15. The Bertz CT molecular complexity index is 1290. The minimum Gasteiger partial charge on any atom is -0.493 e. The zero-order chi connectivity index (χ0) is 23.5. The lowest BCUT2D eigenvalue weighted by Gasteiger charge is -2.13. The molecule has 3 aromatic carbocycles. The Hall–Kier alpha value is -2.70. The van der Waals surface area contributed by atoms with Crippen LogP contribution in [0.4, 0.5) is 0 Å². The normalized spacial score (nSPS) is 14.3. The standard InChI is InChI=1S/C24H15Cl4NO4/c1-31-21-10-14(8-19(28)22(21)32-12-13-2-5-16(25)6-3-13)9-20-24(30)33-23(29-20)15-4-7-17(26)18(27)11-15/h2-11H,12H2,1H3/b20-9-. The molecule has 0 aliphatic carbocycles. The molecule has 1 heterocycles. The van der Waals surface area contributed by atoms with E-state index >= 15 is 0 Å². The maximum atomic E-state index is 12.3. The van der Waals surface area contributed by atoms with Crippen LogP contribution >= 0.6 is 46.4 Å². The van der Waals surface area contributed by atoms with Crippen LogP contribution in [-0.4, -0.2) is 19.0 Å². The van der Waals surface area contributed by atoms with E-state index in [4.69, 9.17) is 60.6 Å². The first-order chi connectivity index (χ1) is 15.8. The van der Waals surface area contributed by atoms with Crippen molar-refractivity contribution < 1.29 is 19.0 Å². The third-order valence-corrected chi connectivity index (χ3v) is 5.91. The van der Waals surface area contributed by atoms with Crippen LogP contribution in [0.1, 0.15) is 16.7 Å². The van der Waals surface area contributed by atoms with E-state index in [0.29, 0.717) is 42.7 Å². The van der Waals surface area contributed by atoms with Crippen LogP contribution in [0.5, 0.6) is 11.5 Å². The molecule has 9 heteroatoms. The van der Waals surface area contributed by atoms with Gasteiger partial charge in [0.05, 0.1) is 22.2 Å². The number of aliphatic imine (C=N–C) groups is 1. The number of carbonyl (C=O) groups is 1. The van der Waals surface area contributed by atoms with E-state index in [9.17, 15) is 4.79 Å². The third-order valence-electron chi connectivity index (χ3n) is 4.64. The quantitative estimate of drug-likeness (QED) is 0.253. The van der Waals surface area contributed by atoms with Crippen LogP contribution in [0.25, 0.3) is 6.08 Å². The highest BCUT2D eigenvalue weighted by Gasteiger charge is 2.25. The second-order valence-corrected chi connectivity index (χ2v) is 8.57. The Morgan fingerprint density at radius 2 is 1.70 bits per heavy atom. The second-order valence-electron chi connectivity index (χ2n) is 6.91. The van der Waals surface area contributed by atoms with E-state index in [1.165, 1.54) is 7.11 Å². The molecule has 1 aliphatic rings. The van der Waals surface area contributed by atoms with E-state index in [1.54, 1.807) is 48.5 Å². The van der Waals surface area contributed by atoms with Gasteiger partial charge in [-0.25, -0.2) is 9.79 Å². The van der Waals surface area contributed by atoms with Crippen molar-refractivity contribution in [1.29, 1.82) is 0 Å². The van der Waals surface area contributed by atoms with E-state index in [-0.39, 0.29) is 18.2 Å². The molecular formula is C24H15Cl4NO4. The summed E-state index contributed by atoms with van der Waals surface area (Å²) in [6.07, 6.45) is 1.55. The smallest absolute Gasteiger partial charge is 0.363 e. The van der Waals surface area contributed by atoms with Crippen LogP contribution in [0, 0.1) is 0 Å². The van der Waals surface area contributed by atoms with Gasteiger partial charge in [0.1, 0.15) is 6.61 Å². The minimum atomic E-state index is -0.603. The van der Waals surface area contributed by atoms with Gasteiger partial charge in [0.15, 0.2) is 17.2 Å². The van der Waals surface area contributed by atoms with Gasteiger partial charge in [0, 0.05) is 10.6 Å². The summed E-state index contributed by atoms with van der Waals surface area (Å²) in [5.41, 5.74) is 2.13. The van der Waals surface area contributed by atoms with Crippen LogP contribution < -0.4 is 9.47 Å². The summed E-state index contributed by atoms with van der Waals surface area (Å²) in [5.74, 6) is 0.314. The van der Waals surface area contributed by atoms with Crippen molar-refractivity contribution in [1.82, 2.24) is 0 Å². The molecule has 0 N–H and O–H groups in total. The fourth-order valence-corrected chi connectivity index (χ4v) is 3.72. The molecule has 168 valence electrons. The number of halogens is 4. The minimum absolute atomic E-state index is 0.101. The lowest BCUT2D eigenvalue weighted by Crippen LogP contribution is -2.05. The molecule has 5 nitrogen and oxygen atoms in total. The number of methoxy groups -OCH3 is 1. The largest absolute Gasteiger partial charge is 0.493 e. The Labute approximate surface area is 210 Å². The van der Waals surface area contributed by atoms with Crippen molar-refractivity contribution in [2.24, 2.45) is 4.99 Å². The summed E-state index contributed by atoms with van der Waals surface area (Å²) in [7, 11) is 1.50. The van der Waals surface area contributed by atoms with Gasteiger partial charge in [-0.1, -0.05) is 58.5 Å². The maximum absolute atomic E-state index is 12.3. The van der Waals surface area contributed by atoms with Crippen molar-refractivity contribution in [2.75, 3.05) is 7.11 Å². The van der Waals surface area contributed by atoms with E-state index in [2.05, 4.69) is 4.99 Å². The molecule has 3 aromatic rings. The first-order valence-corrected chi connectivity index (χ1v) is 11.1. The molecule has 0 radical (unpaired) electrons. The van der Waals surface area contributed by atoms with Gasteiger partial charge < -0.3 is 14.2 Å². The van der Waals surface area contributed by atoms with Gasteiger partial charge in [-0.2, -0.15) is 0 Å². The zero-order valence-corrected chi connectivity index (χ0v) is 20.1. The number of esters is 1. The molecule has 0 bridgehead atoms. The molecule has 1 aliphatic heterocycles. The van der Waals surface area contributed by atoms with Crippen LogP contribution in [0.2, 0.25) is 20.1 Å². The summed E-state index contributed by atoms with van der Waals surface area (Å²) >= 11 is 24.3. The highest BCUT2D eigenvalue weighted by Crippen LogP contribution is 2.38. The number of benzene rings is 3. The average molecular weight is 523 g/mol. The molecule has 0 spiro atoms. The monoisotopic (exact) mass is 521 g/mol. The van der Waals surface area contributed by atoms with Gasteiger partial charge in [0.2, 0.25) is 5.90 Å². The average Bonchev–Trinajstić information content (AvgIpc) is 3.15. The molecule has 0 fully saturated rings. The summed E-state index contributed by atoms with van der Waals surface area (Å²) in [5, 5.41) is 1.68. The van der Waals surface area contributed by atoms with Gasteiger partial charge in [0.25, 0.3) is 0 Å². The van der Waals surface area contributed by atoms with Gasteiger partial charge in [-0.3, -0.25) is 0 Å². The number of hydrogen-bond donors (Lipinski definition) is 0. The van der Waals surface area contributed by atoms with Crippen LogP contribution in [0.15, 0.2) is 65.3 Å². The second kappa shape index (κ2) is 10.1. The van der Waals surface area contributed by atoms with Crippen molar-refractivity contribution in [2.45, 2.75) is 6.61 Å². The highest BCUT2D eigenvalue weighted by molar-refractivity contribution is 6.42. The summed E-state index contributed by atoms with van der Waals surface area (Å²) < 4.78 is 16.6. The molecule has 4 rings (SSSR count). The topological polar surface area (TPSA) is 57.1 Å². The van der Waals surface area contributed by atoms with E-state index in [1.807, 2.05) is 12.1 Å². The number of rotatable bonds is 6. The number of ether oxygens (including phenoxy) is 3. The lowest BCUT2D eigenvalue weighted by atomic mass is 10.1. The molecule has 33 heavy (non-hydrogen) atoms. The number of carbonyl (C=O) groups excluding carboxylic acids is 1. The number of nitrogens with zero attached hydrogens (tertiary/aromatic N) is 1.